The van der Waals surface area contributed by atoms with E-state index in [1.807, 2.05) is 23.0 Å². The third-order valence-electron chi connectivity index (χ3n) is 5.73. The average Bonchev–Trinajstić information content (AvgIpc) is 3.32. The Hall–Kier alpha value is -2.48. The zero-order valence-corrected chi connectivity index (χ0v) is 18.9. The van der Waals surface area contributed by atoms with Crippen molar-refractivity contribution in [2.45, 2.75) is 32.9 Å². The number of piperidine rings is 1. The number of nitrogens with zero attached hydrogens (tertiary/aromatic N) is 3. The monoisotopic (exact) mass is 439 g/mol. The van der Waals surface area contributed by atoms with Crippen molar-refractivity contribution in [3.63, 3.8) is 0 Å². The highest BCUT2D eigenvalue weighted by Crippen LogP contribution is 2.35. The lowest BCUT2D eigenvalue weighted by atomic mass is 9.96. The van der Waals surface area contributed by atoms with E-state index in [1.165, 1.54) is 0 Å². The quantitative estimate of drug-likeness (QED) is 0.564. The smallest absolute Gasteiger partial charge is 0.221 e. The molecule has 1 aliphatic heterocycles. The van der Waals surface area contributed by atoms with Crippen LogP contribution in [0.1, 0.15) is 29.7 Å². The van der Waals surface area contributed by atoms with Crippen LogP contribution in [-0.2, 0) is 13.2 Å². The Morgan fingerprint density at radius 1 is 1.29 bits per heavy atom. The molecule has 6 nitrogen and oxygen atoms in total. The van der Waals surface area contributed by atoms with Gasteiger partial charge in [-0.15, -0.1) is 11.3 Å². The fraction of sp³-hybridized carbons (Fsp3) is 0.417. The maximum Gasteiger partial charge on any atom is 0.221 e. The highest BCUT2D eigenvalue weighted by Gasteiger charge is 2.22. The fourth-order valence-electron chi connectivity index (χ4n) is 4.24. The van der Waals surface area contributed by atoms with Gasteiger partial charge in [0.25, 0.3) is 0 Å². The third kappa shape index (κ3) is 5.23. The molecule has 1 aromatic carbocycles. The summed E-state index contributed by atoms with van der Waals surface area (Å²) in [4.78, 5) is 11.1. The number of aromatic nitrogens is 2. The molecule has 3 heterocycles. The van der Waals surface area contributed by atoms with Crippen molar-refractivity contribution in [3.05, 3.63) is 58.2 Å². The van der Waals surface area contributed by atoms with Gasteiger partial charge in [0, 0.05) is 42.4 Å². The Morgan fingerprint density at radius 2 is 2.19 bits per heavy atom. The average molecular weight is 440 g/mol. The van der Waals surface area contributed by atoms with E-state index < -0.39 is 0 Å². The number of methoxy groups -OCH3 is 1. The minimum atomic E-state index is 0.246. The number of aliphatic hydroxyl groups is 1. The van der Waals surface area contributed by atoms with Crippen LogP contribution < -0.4 is 9.47 Å². The molecule has 0 bridgehead atoms. The molecule has 1 fully saturated rings. The van der Waals surface area contributed by atoms with Crippen molar-refractivity contribution in [2.24, 2.45) is 5.92 Å². The number of aliphatic hydroxyl groups excluding tert-OH is 1. The van der Waals surface area contributed by atoms with E-state index in [1.54, 1.807) is 24.6 Å². The Bertz CT molecular complexity index is 994. The van der Waals surface area contributed by atoms with Gasteiger partial charge in [-0.2, -0.15) is 0 Å². The predicted octanol–water partition coefficient (Wildman–Crippen LogP) is 4.31. The van der Waals surface area contributed by atoms with Crippen molar-refractivity contribution in [2.75, 3.05) is 26.8 Å². The van der Waals surface area contributed by atoms with Gasteiger partial charge < -0.3 is 14.6 Å². The molecule has 4 rings (SSSR count). The maximum atomic E-state index is 9.64. The Balaban J connectivity index is 1.67. The van der Waals surface area contributed by atoms with Crippen LogP contribution in [0.4, 0.5) is 0 Å². The van der Waals surface area contributed by atoms with Crippen molar-refractivity contribution >= 4 is 11.3 Å². The van der Waals surface area contributed by atoms with Gasteiger partial charge in [-0.05, 0) is 67.6 Å². The molecule has 1 aliphatic rings. The second-order valence-corrected chi connectivity index (χ2v) is 8.75. The van der Waals surface area contributed by atoms with Crippen LogP contribution in [0, 0.1) is 12.8 Å². The number of ether oxygens (including phenoxy) is 2. The fourth-order valence-corrected chi connectivity index (χ4v) is 4.78. The first kappa shape index (κ1) is 21.7. The summed E-state index contributed by atoms with van der Waals surface area (Å²) in [6.45, 7) is 5.49. The van der Waals surface area contributed by atoms with Gasteiger partial charge in [0.15, 0.2) is 0 Å². The van der Waals surface area contributed by atoms with Crippen LogP contribution in [0.15, 0.2) is 41.4 Å². The molecule has 1 N–H and O–H groups in total. The molecular formula is C24H29N3O3S. The number of likely N-dealkylation sites (tertiary alicyclic amines) is 1. The minimum Gasteiger partial charge on any atom is -0.487 e. The van der Waals surface area contributed by atoms with Crippen molar-refractivity contribution in [1.29, 1.82) is 0 Å². The van der Waals surface area contributed by atoms with Crippen LogP contribution in [-0.4, -0.2) is 46.8 Å². The molecule has 31 heavy (non-hydrogen) atoms. The summed E-state index contributed by atoms with van der Waals surface area (Å²) in [7, 11) is 1.65. The summed E-state index contributed by atoms with van der Waals surface area (Å²) in [5.74, 6) is 1.86. The molecule has 164 valence electrons. The minimum absolute atomic E-state index is 0.246. The van der Waals surface area contributed by atoms with Crippen LogP contribution >= 0.6 is 11.3 Å². The van der Waals surface area contributed by atoms with E-state index in [4.69, 9.17) is 9.47 Å². The van der Waals surface area contributed by atoms with Crippen molar-refractivity contribution in [1.82, 2.24) is 14.9 Å². The van der Waals surface area contributed by atoms with Gasteiger partial charge in [0.05, 0.1) is 18.3 Å². The number of hydrogen-bond acceptors (Lipinski definition) is 7. The zero-order valence-electron chi connectivity index (χ0n) is 18.1. The second-order valence-electron chi connectivity index (χ2n) is 8.04. The summed E-state index contributed by atoms with van der Waals surface area (Å²) >= 11 is 1.57. The number of benzene rings is 1. The molecule has 2 aromatic heterocycles. The first-order chi connectivity index (χ1) is 15.2. The van der Waals surface area contributed by atoms with E-state index in [-0.39, 0.29) is 6.61 Å². The molecule has 0 aliphatic carbocycles. The number of pyridine rings is 1. The first-order valence-electron chi connectivity index (χ1n) is 10.6. The molecule has 0 spiro atoms. The number of aryl methyl sites for hydroxylation is 1. The van der Waals surface area contributed by atoms with Gasteiger partial charge in [-0.1, -0.05) is 0 Å². The van der Waals surface area contributed by atoms with E-state index in [9.17, 15) is 5.11 Å². The summed E-state index contributed by atoms with van der Waals surface area (Å²) in [6, 6.07) is 8.27. The van der Waals surface area contributed by atoms with Gasteiger partial charge in [0.1, 0.15) is 12.4 Å². The summed E-state index contributed by atoms with van der Waals surface area (Å²) in [5.41, 5.74) is 7.00. The molecule has 3 aromatic rings. The summed E-state index contributed by atoms with van der Waals surface area (Å²) in [6.07, 6.45) is 3.94. The molecule has 1 unspecified atom stereocenters. The third-order valence-corrected chi connectivity index (χ3v) is 6.37. The van der Waals surface area contributed by atoms with Crippen molar-refractivity contribution < 1.29 is 14.6 Å². The largest absolute Gasteiger partial charge is 0.487 e. The highest BCUT2D eigenvalue weighted by atomic mass is 32.1. The van der Waals surface area contributed by atoms with E-state index in [2.05, 4.69) is 33.9 Å². The molecule has 0 amide bonds. The van der Waals surface area contributed by atoms with Gasteiger partial charge >= 0.3 is 0 Å². The molecular weight excluding hydrogens is 410 g/mol. The van der Waals surface area contributed by atoms with Crippen LogP contribution in [0.5, 0.6) is 11.6 Å². The molecule has 0 saturated carbocycles. The Kier molecular flexibility index (Phi) is 7.17. The Labute approximate surface area is 187 Å². The van der Waals surface area contributed by atoms with Crippen LogP contribution in [0.2, 0.25) is 0 Å². The number of thiazole rings is 1. The van der Waals surface area contributed by atoms with Crippen molar-refractivity contribution in [3.8, 4) is 22.8 Å². The summed E-state index contributed by atoms with van der Waals surface area (Å²) in [5, 5.41) is 11.7. The van der Waals surface area contributed by atoms with E-state index in [0.29, 0.717) is 18.4 Å². The van der Waals surface area contributed by atoms with E-state index in [0.717, 1.165) is 66.2 Å². The van der Waals surface area contributed by atoms with Gasteiger partial charge in [-0.25, -0.2) is 9.97 Å². The zero-order chi connectivity index (χ0) is 21.6. The first-order valence-corrected chi connectivity index (χ1v) is 11.6. The lowest BCUT2D eigenvalue weighted by Gasteiger charge is -2.32. The van der Waals surface area contributed by atoms with Crippen LogP contribution in [0.25, 0.3) is 11.1 Å². The summed E-state index contributed by atoms with van der Waals surface area (Å²) < 4.78 is 11.8. The lowest BCUT2D eigenvalue weighted by Crippen LogP contribution is -2.36. The number of rotatable bonds is 8. The highest BCUT2D eigenvalue weighted by molar-refractivity contribution is 7.07. The second kappa shape index (κ2) is 10.2. The maximum absolute atomic E-state index is 9.64. The van der Waals surface area contributed by atoms with Gasteiger partial charge in [-0.3, -0.25) is 4.90 Å². The van der Waals surface area contributed by atoms with E-state index >= 15 is 0 Å². The molecule has 7 heteroatoms. The van der Waals surface area contributed by atoms with Gasteiger partial charge in [0.2, 0.25) is 5.88 Å². The molecule has 1 atom stereocenters. The number of hydrogen-bond donors (Lipinski definition) is 1. The standard InChI is InChI=1S/C24H29N3O3S/c1-17-9-19(22-6-3-7-25-24(22)29-2)10-20(12-27-8-4-5-18(11-27)13-28)23(17)30-14-21-15-31-16-26-21/h3,6-7,9-10,15-16,18,28H,4-5,8,11-14H2,1-2H3. The molecule has 0 radical (unpaired) electrons. The van der Waals surface area contributed by atoms with Crippen LogP contribution in [0.3, 0.4) is 0 Å². The molecule has 1 saturated heterocycles. The Morgan fingerprint density at radius 3 is 2.97 bits per heavy atom. The lowest BCUT2D eigenvalue weighted by molar-refractivity contribution is 0.115. The topological polar surface area (TPSA) is 67.7 Å². The predicted molar refractivity (Wildman–Crippen MR) is 122 cm³/mol. The SMILES string of the molecule is COc1ncccc1-c1cc(C)c(OCc2cscn2)c(CN2CCCC(CO)C2)c1. The normalized spacial score (nSPS) is 16.9.